The zero-order chi connectivity index (χ0) is 18.7. The minimum atomic E-state index is -0.374. The lowest BCUT2D eigenvalue weighted by atomic mass is 9.91. The van der Waals surface area contributed by atoms with Crippen LogP contribution in [0.2, 0.25) is 5.15 Å². The smallest absolute Gasteiger partial charge is 0.138 e. The van der Waals surface area contributed by atoms with Crippen molar-refractivity contribution < 1.29 is 4.74 Å². The van der Waals surface area contributed by atoms with Crippen LogP contribution in [0, 0.1) is 5.92 Å². The van der Waals surface area contributed by atoms with E-state index >= 15 is 0 Å². The Hall–Kier alpha value is -2.08. The molecule has 0 spiro atoms. The second-order valence-corrected chi connectivity index (χ2v) is 7.37. The van der Waals surface area contributed by atoms with Crippen molar-refractivity contribution in [2.24, 2.45) is 11.7 Å². The molecule has 2 aromatic heterocycles. The van der Waals surface area contributed by atoms with Crippen LogP contribution in [-0.2, 0) is 0 Å². The van der Waals surface area contributed by atoms with Gasteiger partial charge in [0.15, 0.2) is 0 Å². The standard InChI is InChI=1S/C20H23ClN4O.ClH/c1-13(2)20(3,22)12-26-16-5-6-17-14(10-16)8-9-23-19(17)25-15-4-7-18(21)24-11-15;/h4-11,13H,12,22H2,1-3H3,(H,23,25);1H. The molecule has 1 aromatic carbocycles. The SMILES string of the molecule is CC(C)C(C)(N)COc1ccc2c(Nc3ccc(Cl)nc3)nccc2c1.Cl. The molecule has 1 unspecified atom stereocenters. The number of aromatic nitrogens is 2. The minimum absolute atomic E-state index is 0. The molecule has 144 valence electrons. The van der Waals surface area contributed by atoms with E-state index in [1.54, 1.807) is 18.5 Å². The Bertz CT molecular complexity index is 898. The molecule has 3 N–H and O–H groups in total. The molecule has 3 aromatic rings. The number of pyridine rings is 2. The molecular weight excluding hydrogens is 383 g/mol. The molecular formula is C20H24Cl2N4O. The van der Waals surface area contributed by atoms with E-state index < -0.39 is 0 Å². The van der Waals surface area contributed by atoms with Crippen LogP contribution in [0.5, 0.6) is 5.75 Å². The van der Waals surface area contributed by atoms with E-state index in [1.807, 2.05) is 37.3 Å². The number of hydrogen-bond acceptors (Lipinski definition) is 5. The number of rotatable bonds is 6. The van der Waals surface area contributed by atoms with Crippen molar-refractivity contribution in [1.82, 2.24) is 9.97 Å². The van der Waals surface area contributed by atoms with Gasteiger partial charge in [-0.05, 0) is 54.6 Å². The molecule has 0 radical (unpaired) electrons. The van der Waals surface area contributed by atoms with Crippen molar-refractivity contribution in [3.63, 3.8) is 0 Å². The molecule has 0 saturated heterocycles. The van der Waals surface area contributed by atoms with E-state index in [0.717, 1.165) is 28.0 Å². The topological polar surface area (TPSA) is 73.1 Å². The number of hydrogen-bond donors (Lipinski definition) is 2. The first-order valence-corrected chi connectivity index (χ1v) is 8.92. The summed E-state index contributed by atoms with van der Waals surface area (Å²) in [5.74, 6) is 1.88. The monoisotopic (exact) mass is 406 g/mol. The molecule has 1 atom stereocenters. The second kappa shape index (κ2) is 8.74. The summed E-state index contributed by atoms with van der Waals surface area (Å²) in [7, 11) is 0. The maximum absolute atomic E-state index is 6.28. The first kappa shape index (κ1) is 21.2. The van der Waals surface area contributed by atoms with Crippen LogP contribution < -0.4 is 15.8 Å². The molecule has 27 heavy (non-hydrogen) atoms. The van der Waals surface area contributed by atoms with Gasteiger partial charge in [-0.1, -0.05) is 25.4 Å². The Morgan fingerprint density at radius 1 is 1.19 bits per heavy atom. The van der Waals surface area contributed by atoms with Crippen molar-refractivity contribution in [1.29, 1.82) is 0 Å². The lowest BCUT2D eigenvalue weighted by Crippen LogP contribution is -2.47. The van der Waals surface area contributed by atoms with E-state index in [0.29, 0.717) is 17.7 Å². The van der Waals surface area contributed by atoms with Gasteiger partial charge in [0.25, 0.3) is 0 Å². The number of nitrogens with two attached hydrogens (primary N) is 1. The van der Waals surface area contributed by atoms with Crippen molar-refractivity contribution in [3.8, 4) is 5.75 Å². The van der Waals surface area contributed by atoms with E-state index in [2.05, 4.69) is 29.1 Å². The number of anilines is 2. The van der Waals surface area contributed by atoms with E-state index in [4.69, 9.17) is 22.1 Å². The zero-order valence-electron chi connectivity index (χ0n) is 15.6. The van der Waals surface area contributed by atoms with E-state index in [1.165, 1.54) is 0 Å². The Morgan fingerprint density at radius 2 is 1.96 bits per heavy atom. The van der Waals surface area contributed by atoms with Gasteiger partial charge in [0, 0.05) is 17.1 Å². The third-order valence-electron chi connectivity index (χ3n) is 4.59. The number of ether oxygens (including phenoxy) is 1. The van der Waals surface area contributed by atoms with Gasteiger partial charge in [-0.2, -0.15) is 0 Å². The maximum Gasteiger partial charge on any atom is 0.138 e. The number of halogens is 2. The molecule has 0 aliphatic heterocycles. The van der Waals surface area contributed by atoms with Gasteiger partial charge in [0.05, 0.1) is 11.9 Å². The van der Waals surface area contributed by atoms with Gasteiger partial charge in [0.1, 0.15) is 23.3 Å². The van der Waals surface area contributed by atoms with Crippen LogP contribution in [0.1, 0.15) is 20.8 Å². The Kier molecular flexibility index (Phi) is 6.87. The van der Waals surface area contributed by atoms with Crippen LogP contribution in [0.3, 0.4) is 0 Å². The van der Waals surface area contributed by atoms with Gasteiger partial charge in [-0.15, -0.1) is 12.4 Å². The molecule has 0 fully saturated rings. The highest BCUT2D eigenvalue weighted by atomic mass is 35.5. The predicted octanol–water partition coefficient (Wildman–Crippen LogP) is 5.20. The highest BCUT2D eigenvalue weighted by Crippen LogP contribution is 2.28. The highest BCUT2D eigenvalue weighted by Gasteiger charge is 2.23. The van der Waals surface area contributed by atoms with Gasteiger partial charge in [-0.25, -0.2) is 9.97 Å². The van der Waals surface area contributed by atoms with Crippen LogP contribution in [0.15, 0.2) is 48.8 Å². The molecule has 0 aliphatic rings. The van der Waals surface area contributed by atoms with Crippen molar-refractivity contribution in [2.75, 3.05) is 11.9 Å². The molecule has 0 saturated carbocycles. The molecule has 7 heteroatoms. The zero-order valence-corrected chi connectivity index (χ0v) is 17.1. The third kappa shape index (κ3) is 5.22. The summed E-state index contributed by atoms with van der Waals surface area (Å²) in [6.07, 6.45) is 3.44. The lowest BCUT2D eigenvalue weighted by Gasteiger charge is -2.28. The number of fused-ring (bicyclic) bond motifs is 1. The molecule has 0 bridgehead atoms. The lowest BCUT2D eigenvalue weighted by molar-refractivity contribution is 0.188. The molecule has 0 amide bonds. The van der Waals surface area contributed by atoms with E-state index in [-0.39, 0.29) is 17.9 Å². The first-order chi connectivity index (χ1) is 12.3. The quantitative estimate of drug-likeness (QED) is 0.550. The molecule has 3 rings (SSSR count). The van der Waals surface area contributed by atoms with E-state index in [9.17, 15) is 0 Å². The largest absolute Gasteiger partial charge is 0.492 e. The molecule has 5 nitrogen and oxygen atoms in total. The molecule has 2 heterocycles. The van der Waals surface area contributed by atoms with Crippen molar-refractivity contribution in [3.05, 3.63) is 53.9 Å². The maximum atomic E-state index is 6.28. The van der Waals surface area contributed by atoms with Crippen molar-refractivity contribution in [2.45, 2.75) is 26.3 Å². The number of nitrogens with zero attached hydrogens (tertiary/aromatic N) is 2. The van der Waals surface area contributed by atoms with Gasteiger partial charge >= 0.3 is 0 Å². The summed E-state index contributed by atoms with van der Waals surface area (Å²) in [5, 5.41) is 5.75. The van der Waals surface area contributed by atoms with Gasteiger partial charge in [0.2, 0.25) is 0 Å². The van der Waals surface area contributed by atoms with Crippen LogP contribution in [-0.4, -0.2) is 22.1 Å². The summed E-state index contributed by atoms with van der Waals surface area (Å²) < 4.78 is 5.92. The van der Waals surface area contributed by atoms with Crippen molar-refractivity contribution >= 4 is 46.3 Å². The van der Waals surface area contributed by atoms with Gasteiger partial charge < -0.3 is 15.8 Å². The highest BCUT2D eigenvalue weighted by molar-refractivity contribution is 6.29. The van der Waals surface area contributed by atoms with Crippen LogP contribution >= 0.6 is 24.0 Å². The predicted molar refractivity (Wildman–Crippen MR) is 114 cm³/mol. The average Bonchev–Trinajstić information content (AvgIpc) is 2.62. The fraction of sp³-hybridized carbons (Fsp3) is 0.300. The first-order valence-electron chi connectivity index (χ1n) is 8.54. The second-order valence-electron chi connectivity index (χ2n) is 6.99. The summed E-state index contributed by atoms with van der Waals surface area (Å²) in [5.41, 5.74) is 6.73. The summed E-state index contributed by atoms with van der Waals surface area (Å²) in [6, 6.07) is 11.5. The Labute approximate surface area is 170 Å². The van der Waals surface area contributed by atoms with Crippen LogP contribution in [0.4, 0.5) is 11.5 Å². The minimum Gasteiger partial charge on any atom is -0.492 e. The summed E-state index contributed by atoms with van der Waals surface area (Å²) >= 11 is 5.83. The molecule has 0 aliphatic carbocycles. The summed E-state index contributed by atoms with van der Waals surface area (Å²) in [4.78, 5) is 8.50. The normalized spacial score (nSPS) is 13.1. The summed E-state index contributed by atoms with van der Waals surface area (Å²) in [6.45, 7) is 6.66. The van der Waals surface area contributed by atoms with Crippen LogP contribution in [0.25, 0.3) is 10.8 Å². The fourth-order valence-corrected chi connectivity index (χ4v) is 2.45. The average molecular weight is 407 g/mol. The van der Waals surface area contributed by atoms with Gasteiger partial charge in [-0.3, -0.25) is 0 Å². The number of nitrogens with one attached hydrogen (secondary N) is 1. The Morgan fingerprint density at radius 3 is 2.63 bits per heavy atom. The third-order valence-corrected chi connectivity index (χ3v) is 4.82. The Balaban J connectivity index is 0.00000261. The fourth-order valence-electron chi connectivity index (χ4n) is 2.34. The number of benzene rings is 1.